The molecular weight excluding hydrogens is 380 g/mol. The van der Waals surface area contributed by atoms with E-state index in [4.69, 9.17) is 14.2 Å². The van der Waals surface area contributed by atoms with Crippen molar-refractivity contribution in [2.45, 2.75) is 26.3 Å². The molecule has 5 rings (SSSR count). The van der Waals surface area contributed by atoms with E-state index in [9.17, 15) is 4.79 Å². The van der Waals surface area contributed by atoms with Crippen molar-refractivity contribution in [3.63, 3.8) is 0 Å². The average Bonchev–Trinajstić information content (AvgIpc) is 3.05. The van der Waals surface area contributed by atoms with Crippen LogP contribution in [0.3, 0.4) is 0 Å². The number of aromatic nitrogens is 1. The summed E-state index contributed by atoms with van der Waals surface area (Å²) in [6.45, 7) is 4.73. The molecule has 3 aromatic rings. The van der Waals surface area contributed by atoms with Crippen molar-refractivity contribution < 1.29 is 19.0 Å². The summed E-state index contributed by atoms with van der Waals surface area (Å²) in [6, 6.07) is 12.8. The molecule has 0 saturated heterocycles. The number of carbonyl (C=O) groups is 1. The minimum Gasteiger partial charge on any atom is -0.486 e. The summed E-state index contributed by atoms with van der Waals surface area (Å²) in [4.78, 5) is 14.1. The molecule has 0 unspecified atom stereocenters. The van der Waals surface area contributed by atoms with E-state index >= 15 is 0 Å². The highest BCUT2D eigenvalue weighted by Gasteiger charge is 2.26. The number of aryl methyl sites for hydroxylation is 1. The molecule has 0 N–H and O–H groups in total. The Bertz CT molecular complexity index is 1120. The van der Waals surface area contributed by atoms with Crippen molar-refractivity contribution in [2.75, 3.05) is 26.4 Å². The number of nitrogens with zero attached hydrogens (tertiary/aromatic N) is 2. The number of rotatable bonds is 3. The first-order valence-electron chi connectivity index (χ1n) is 10.5. The van der Waals surface area contributed by atoms with Gasteiger partial charge in [-0.05, 0) is 48.7 Å². The van der Waals surface area contributed by atoms with E-state index < -0.39 is 0 Å². The van der Waals surface area contributed by atoms with Gasteiger partial charge >= 0.3 is 6.09 Å². The van der Waals surface area contributed by atoms with Gasteiger partial charge in [0.1, 0.15) is 13.2 Å². The molecular formula is C24H26N2O4. The van der Waals surface area contributed by atoms with Crippen LogP contribution in [0.25, 0.3) is 10.9 Å². The van der Waals surface area contributed by atoms with Gasteiger partial charge in [0.25, 0.3) is 0 Å². The summed E-state index contributed by atoms with van der Waals surface area (Å²) in [5.74, 6) is 1.64. The zero-order valence-corrected chi connectivity index (χ0v) is 17.4. The second-order valence-corrected chi connectivity index (χ2v) is 7.86. The highest BCUT2D eigenvalue weighted by Crippen LogP contribution is 2.34. The van der Waals surface area contributed by atoms with Gasteiger partial charge in [0.2, 0.25) is 0 Å². The quantitative estimate of drug-likeness (QED) is 0.658. The highest BCUT2D eigenvalue weighted by molar-refractivity contribution is 5.87. The maximum atomic E-state index is 12.3. The molecule has 30 heavy (non-hydrogen) atoms. The molecule has 0 spiro atoms. The molecule has 0 bridgehead atoms. The summed E-state index contributed by atoms with van der Waals surface area (Å²) < 4.78 is 18.8. The first kappa shape index (κ1) is 18.9. The maximum absolute atomic E-state index is 12.3. The van der Waals surface area contributed by atoms with E-state index in [1.54, 1.807) is 4.90 Å². The zero-order chi connectivity index (χ0) is 20.7. The molecule has 0 atom stereocenters. The standard InChI is InChI=1S/C24H26N2O4/c1-3-28-24(27)26-9-8-21-19(15-26)18-13-16(4-6-20(18)25(21)2)12-17-5-7-22-23(14-17)30-11-10-29-22/h4-7,13-14H,3,8-12,15H2,1-2H3. The minimum atomic E-state index is -0.229. The molecule has 1 aromatic heterocycles. The number of fused-ring (bicyclic) bond motifs is 4. The second kappa shape index (κ2) is 7.59. The van der Waals surface area contributed by atoms with Gasteiger partial charge in [-0.1, -0.05) is 12.1 Å². The fourth-order valence-corrected chi connectivity index (χ4v) is 4.54. The molecule has 0 fully saturated rings. The van der Waals surface area contributed by atoms with Gasteiger partial charge in [-0.25, -0.2) is 4.79 Å². The third kappa shape index (κ3) is 3.26. The Labute approximate surface area is 175 Å². The van der Waals surface area contributed by atoms with Crippen molar-refractivity contribution in [2.24, 2.45) is 7.05 Å². The third-order valence-corrected chi connectivity index (χ3v) is 6.01. The van der Waals surface area contributed by atoms with Crippen molar-refractivity contribution in [1.82, 2.24) is 9.47 Å². The molecule has 2 aliphatic heterocycles. The monoisotopic (exact) mass is 406 g/mol. The molecule has 156 valence electrons. The molecule has 2 aliphatic rings. The molecule has 1 amide bonds. The number of carbonyl (C=O) groups excluding carboxylic acids is 1. The fourth-order valence-electron chi connectivity index (χ4n) is 4.54. The lowest BCUT2D eigenvalue weighted by Crippen LogP contribution is -2.36. The maximum Gasteiger partial charge on any atom is 0.410 e. The highest BCUT2D eigenvalue weighted by atomic mass is 16.6. The Morgan fingerprint density at radius 3 is 2.67 bits per heavy atom. The van der Waals surface area contributed by atoms with Crippen molar-refractivity contribution in [3.8, 4) is 11.5 Å². The van der Waals surface area contributed by atoms with Crippen LogP contribution < -0.4 is 9.47 Å². The average molecular weight is 406 g/mol. The molecule has 0 radical (unpaired) electrons. The summed E-state index contributed by atoms with van der Waals surface area (Å²) in [7, 11) is 2.11. The summed E-state index contributed by atoms with van der Waals surface area (Å²) in [5.41, 5.74) is 6.17. The van der Waals surface area contributed by atoms with Gasteiger partial charge in [0.05, 0.1) is 13.2 Å². The van der Waals surface area contributed by atoms with Crippen LogP contribution in [0.15, 0.2) is 36.4 Å². The number of hydrogen-bond donors (Lipinski definition) is 0. The van der Waals surface area contributed by atoms with Crippen molar-refractivity contribution >= 4 is 17.0 Å². The van der Waals surface area contributed by atoms with Crippen LogP contribution >= 0.6 is 0 Å². The molecule has 6 heteroatoms. The molecule has 3 heterocycles. The second-order valence-electron chi connectivity index (χ2n) is 7.86. The van der Waals surface area contributed by atoms with E-state index in [0.717, 1.165) is 24.3 Å². The molecule has 6 nitrogen and oxygen atoms in total. The summed E-state index contributed by atoms with van der Waals surface area (Å²) in [5, 5.41) is 1.22. The van der Waals surface area contributed by atoms with Crippen LogP contribution in [0, 0.1) is 0 Å². The van der Waals surface area contributed by atoms with Crippen LogP contribution in [0.2, 0.25) is 0 Å². The number of ether oxygens (including phenoxy) is 3. The van der Waals surface area contributed by atoms with Gasteiger partial charge in [-0.2, -0.15) is 0 Å². The van der Waals surface area contributed by atoms with Gasteiger partial charge in [0.15, 0.2) is 11.5 Å². The zero-order valence-electron chi connectivity index (χ0n) is 17.4. The van der Waals surface area contributed by atoms with E-state index in [0.29, 0.717) is 32.9 Å². The largest absolute Gasteiger partial charge is 0.486 e. The Hall–Kier alpha value is -3.15. The minimum absolute atomic E-state index is 0.229. The van der Waals surface area contributed by atoms with Gasteiger partial charge < -0.3 is 23.7 Å². The predicted molar refractivity (Wildman–Crippen MR) is 114 cm³/mol. The normalized spacial score (nSPS) is 15.2. The van der Waals surface area contributed by atoms with E-state index in [2.05, 4.69) is 41.9 Å². The van der Waals surface area contributed by atoms with Crippen LogP contribution in [0.1, 0.15) is 29.3 Å². The molecule has 0 aliphatic carbocycles. The lowest BCUT2D eigenvalue weighted by molar-refractivity contribution is 0.102. The summed E-state index contributed by atoms with van der Waals surface area (Å²) >= 11 is 0. The lowest BCUT2D eigenvalue weighted by atomic mass is 10.00. The first-order chi connectivity index (χ1) is 14.6. The fraction of sp³-hybridized carbons (Fsp3) is 0.375. The number of hydrogen-bond acceptors (Lipinski definition) is 4. The van der Waals surface area contributed by atoms with E-state index in [1.165, 1.54) is 33.3 Å². The Morgan fingerprint density at radius 1 is 1.07 bits per heavy atom. The van der Waals surface area contributed by atoms with Crippen molar-refractivity contribution in [3.05, 3.63) is 58.8 Å². The van der Waals surface area contributed by atoms with E-state index in [1.807, 2.05) is 13.0 Å². The molecule has 2 aromatic carbocycles. The Balaban J connectivity index is 1.46. The van der Waals surface area contributed by atoms with E-state index in [-0.39, 0.29) is 6.09 Å². The topological polar surface area (TPSA) is 52.9 Å². The van der Waals surface area contributed by atoms with Gasteiger partial charge in [-0.3, -0.25) is 0 Å². The van der Waals surface area contributed by atoms with Gasteiger partial charge in [0, 0.05) is 42.2 Å². The Kier molecular flexibility index (Phi) is 4.77. The van der Waals surface area contributed by atoms with Crippen LogP contribution in [-0.2, 0) is 31.2 Å². The van der Waals surface area contributed by atoms with Gasteiger partial charge in [-0.15, -0.1) is 0 Å². The van der Waals surface area contributed by atoms with Crippen LogP contribution in [0.4, 0.5) is 4.79 Å². The smallest absolute Gasteiger partial charge is 0.410 e. The van der Waals surface area contributed by atoms with Crippen LogP contribution in [0.5, 0.6) is 11.5 Å². The van der Waals surface area contributed by atoms with Crippen molar-refractivity contribution in [1.29, 1.82) is 0 Å². The van der Waals surface area contributed by atoms with Crippen LogP contribution in [-0.4, -0.2) is 41.9 Å². The first-order valence-corrected chi connectivity index (χ1v) is 10.5. The number of benzene rings is 2. The number of amides is 1. The summed E-state index contributed by atoms with van der Waals surface area (Å²) in [6.07, 6.45) is 1.43. The third-order valence-electron chi connectivity index (χ3n) is 6.01. The molecule has 0 saturated carbocycles. The lowest BCUT2D eigenvalue weighted by Gasteiger charge is -2.27. The predicted octanol–water partition coefficient (Wildman–Crippen LogP) is 4.05. The SMILES string of the molecule is CCOC(=O)N1CCc2c(c3cc(Cc4ccc5c(c4)OCCO5)ccc3n2C)C1. The Morgan fingerprint density at radius 2 is 1.83 bits per heavy atom.